The highest BCUT2D eigenvalue weighted by Gasteiger charge is 2.35. The number of aromatic nitrogens is 2. The van der Waals surface area contributed by atoms with Crippen LogP contribution in [0.15, 0.2) is 28.6 Å². The van der Waals surface area contributed by atoms with E-state index in [0.29, 0.717) is 5.13 Å². The molecule has 8 heteroatoms. The summed E-state index contributed by atoms with van der Waals surface area (Å²) < 4.78 is 0.726. The summed E-state index contributed by atoms with van der Waals surface area (Å²) in [6.45, 7) is 2.03. The lowest BCUT2D eigenvalue weighted by Gasteiger charge is -2.21. The second-order valence-corrected chi connectivity index (χ2v) is 8.25. The molecule has 1 saturated carbocycles. The molecule has 1 fully saturated rings. The van der Waals surface area contributed by atoms with Gasteiger partial charge in [0.15, 0.2) is 4.34 Å². The maximum atomic E-state index is 12.1. The van der Waals surface area contributed by atoms with Gasteiger partial charge in [-0.25, -0.2) is 0 Å². The first kappa shape index (κ1) is 17.7. The van der Waals surface area contributed by atoms with Crippen LogP contribution in [0.2, 0.25) is 0 Å². The van der Waals surface area contributed by atoms with Crippen LogP contribution in [0.1, 0.15) is 31.2 Å². The van der Waals surface area contributed by atoms with Crippen LogP contribution in [0.5, 0.6) is 0 Å². The normalized spacial score (nSPS) is 15.5. The van der Waals surface area contributed by atoms with E-state index in [1.807, 2.05) is 31.2 Å². The van der Waals surface area contributed by atoms with Crippen molar-refractivity contribution in [3.05, 3.63) is 29.8 Å². The van der Waals surface area contributed by atoms with Crippen LogP contribution >= 0.6 is 23.1 Å². The van der Waals surface area contributed by atoms with Gasteiger partial charge in [0.1, 0.15) is 5.54 Å². The van der Waals surface area contributed by atoms with Gasteiger partial charge in [-0.3, -0.25) is 4.79 Å². The van der Waals surface area contributed by atoms with Gasteiger partial charge in [0.25, 0.3) is 0 Å². The molecule has 0 atom stereocenters. The molecule has 1 aromatic carbocycles. The number of benzene rings is 1. The van der Waals surface area contributed by atoms with E-state index >= 15 is 0 Å². The minimum atomic E-state index is -0.670. The highest BCUT2D eigenvalue weighted by molar-refractivity contribution is 8.01. The number of hydrogen-bond acceptors (Lipinski definition) is 7. The Morgan fingerprint density at radius 1 is 1.36 bits per heavy atom. The highest BCUT2D eigenvalue weighted by atomic mass is 32.2. The summed E-state index contributed by atoms with van der Waals surface area (Å²) in [4.78, 5) is 12.1. The van der Waals surface area contributed by atoms with Crippen LogP contribution in [0, 0.1) is 18.3 Å². The van der Waals surface area contributed by atoms with Crippen molar-refractivity contribution < 1.29 is 4.79 Å². The SMILES string of the molecule is Cc1ccccc1Nc1nnc(SCC(=O)NC2(C#N)CCCC2)s1. The maximum absolute atomic E-state index is 12.1. The maximum Gasteiger partial charge on any atom is 0.231 e. The van der Waals surface area contributed by atoms with Crippen molar-refractivity contribution in [3.8, 4) is 6.07 Å². The predicted octanol–water partition coefficient (Wildman–Crippen LogP) is 3.63. The Morgan fingerprint density at radius 2 is 2.12 bits per heavy atom. The molecule has 2 N–H and O–H groups in total. The molecule has 1 aliphatic carbocycles. The lowest BCUT2D eigenvalue weighted by Crippen LogP contribution is -2.45. The number of amides is 1. The number of carbonyl (C=O) groups is 1. The molecule has 0 radical (unpaired) electrons. The monoisotopic (exact) mass is 373 g/mol. The first-order valence-electron chi connectivity index (χ1n) is 8.11. The van der Waals surface area contributed by atoms with E-state index in [1.54, 1.807) is 0 Å². The Bertz CT molecular complexity index is 792. The van der Waals surface area contributed by atoms with Gasteiger partial charge in [0, 0.05) is 5.69 Å². The van der Waals surface area contributed by atoms with Gasteiger partial charge in [-0.15, -0.1) is 10.2 Å². The molecule has 0 unspecified atom stereocenters. The van der Waals surface area contributed by atoms with Crippen LogP contribution in [0.4, 0.5) is 10.8 Å². The van der Waals surface area contributed by atoms with Gasteiger partial charge in [-0.2, -0.15) is 5.26 Å². The molecule has 2 aromatic rings. The number of thioether (sulfide) groups is 1. The van der Waals surface area contributed by atoms with Crippen LogP contribution in [-0.4, -0.2) is 27.4 Å². The average Bonchev–Trinajstić information content (AvgIpc) is 3.25. The fraction of sp³-hybridized carbons (Fsp3) is 0.412. The molecule has 6 nitrogen and oxygen atoms in total. The molecule has 1 amide bonds. The van der Waals surface area contributed by atoms with Crippen molar-refractivity contribution in [1.82, 2.24) is 15.5 Å². The van der Waals surface area contributed by atoms with Gasteiger partial charge in [-0.1, -0.05) is 41.3 Å². The summed E-state index contributed by atoms with van der Waals surface area (Å²) >= 11 is 2.75. The van der Waals surface area contributed by atoms with Crippen molar-refractivity contribution in [1.29, 1.82) is 5.26 Å². The molecule has 0 saturated heterocycles. The zero-order valence-corrected chi connectivity index (χ0v) is 15.5. The largest absolute Gasteiger partial charge is 0.337 e. The Kier molecular flexibility index (Phi) is 5.56. The summed E-state index contributed by atoms with van der Waals surface area (Å²) in [6.07, 6.45) is 3.46. The third kappa shape index (κ3) is 4.50. The number of nitriles is 1. The fourth-order valence-electron chi connectivity index (χ4n) is 2.82. The van der Waals surface area contributed by atoms with Crippen molar-refractivity contribution in [2.45, 2.75) is 42.5 Å². The second-order valence-electron chi connectivity index (χ2n) is 6.05. The molecular formula is C17H19N5OS2. The van der Waals surface area contributed by atoms with Crippen LogP contribution in [0.3, 0.4) is 0 Å². The lowest BCUT2D eigenvalue weighted by molar-refractivity contribution is -0.119. The van der Waals surface area contributed by atoms with Crippen molar-refractivity contribution in [2.24, 2.45) is 0 Å². The third-order valence-electron chi connectivity index (χ3n) is 4.17. The van der Waals surface area contributed by atoms with Crippen molar-refractivity contribution in [2.75, 3.05) is 11.1 Å². The number of para-hydroxylation sites is 1. The number of aryl methyl sites for hydroxylation is 1. The molecule has 1 heterocycles. The molecule has 1 aliphatic rings. The second kappa shape index (κ2) is 7.85. The highest BCUT2D eigenvalue weighted by Crippen LogP contribution is 2.30. The quantitative estimate of drug-likeness (QED) is 0.751. The van der Waals surface area contributed by atoms with Crippen LogP contribution in [-0.2, 0) is 4.79 Å². The Balaban J connectivity index is 1.53. The number of carbonyl (C=O) groups excluding carboxylic acids is 1. The summed E-state index contributed by atoms with van der Waals surface area (Å²) in [5.74, 6) is 0.111. The van der Waals surface area contributed by atoms with Crippen molar-refractivity contribution >= 4 is 39.8 Å². The topological polar surface area (TPSA) is 90.7 Å². The summed E-state index contributed by atoms with van der Waals surface area (Å²) in [5, 5.41) is 24.4. The molecule has 3 rings (SSSR count). The number of rotatable bonds is 6. The number of hydrogen-bond donors (Lipinski definition) is 2. The molecular weight excluding hydrogens is 354 g/mol. The van der Waals surface area contributed by atoms with Gasteiger partial charge in [0.05, 0.1) is 11.8 Å². The fourth-order valence-corrected chi connectivity index (χ4v) is 4.38. The van der Waals surface area contributed by atoms with Gasteiger partial charge in [-0.05, 0) is 44.2 Å². The van der Waals surface area contributed by atoms with E-state index in [2.05, 4.69) is 26.9 Å². The Morgan fingerprint density at radius 3 is 2.84 bits per heavy atom. The van der Waals surface area contributed by atoms with E-state index < -0.39 is 5.54 Å². The molecule has 0 bridgehead atoms. The van der Waals surface area contributed by atoms with E-state index in [4.69, 9.17) is 0 Å². The molecule has 0 aliphatic heterocycles. The first-order chi connectivity index (χ1) is 12.1. The van der Waals surface area contributed by atoms with Crippen LogP contribution < -0.4 is 10.6 Å². The van der Waals surface area contributed by atoms with Gasteiger partial charge < -0.3 is 10.6 Å². The van der Waals surface area contributed by atoms with E-state index in [1.165, 1.54) is 23.1 Å². The minimum Gasteiger partial charge on any atom is -0.337 e. The zero-order chi connectivity index (χ0) is 17.7. The number of nitrogens with zero attached hydrogens (tertiary/aromatic N) is 3. The Hall–Kier alpha value is -2.11. The number of anilines is 2. The van der Waals surface area contributed by atoms with Gasteiger partial charge in [0.2, 0.25) is 11.0 Å². The summed E-state index contributed by atoms with van der Waals surface area (Å²) in [6, 6.07) is 10.2. The summed E-state index contributed by atoms with van der Waals surface area (Å²) in [5.41, 5.74) is 1.45. The zero-order valence-electron chi connectivity index (χ0n) is 13.9. The standard InChI is InChI=1S/C17H19N5OS2/c1-12-6-2-3-7-13(12)19-15-21-22-16(25-15)24-10-14(23)20-17(11-18)8-4-5-9-17/h2-3,6-7H,4-5,8-10H2,1H3,(H,19,21)(H,20,23). The molecule has 130 valence electrons. The van der Waals surface area contributed by atoms with Crippen molar-refractivity contribution in [3.63, 3.8) is 0 Å². The Labute approximate surface area is 155 Å². The number of nitrogens with one attached hydrogen (secondary N) is 2. The minimum absolute atomic E-state index is 0.128. The molecule has 0 spiro atoms. The molecule has 1 aromatic heterocycles. The lowest BCUT2D eigenvalue weighted by atomic mass is 10.0. The smallest absolute Gasteiger partial charge is 0.231 e. The summed E-state index contributed by atoms with van der Waals surface area (Å²) in [7, 11) is 0. The predicted molar refractivity (Wildman–Crippen MR) is 100 cm³/mol. The molecule has 25 heavy (non-hydrogen) atoms. The first-order valence-corrected chi connectivity index (χ1v) is 9.92. The van der Waals surface area contributed by atoms with Gasteiger partial charge >= 0.3 is 0 Å². The van der Waals surface area contributed by atoms with E-state index in [9.17, 15) is 10.1 Å². The average molecular weight is 374 g/mol. The van der Waals surface area contributed by atoms with Crippen LogP contribution in [0.25, 0.3) is 0 Å². The van der Waals surface area contributed by atoms with E-state index in [0.717, 1.165) is 41.3 Å². The van der Waals surface area contributed by atoms with E-state index in [-0.39, 0.29) is 11.7 Å². The third-order valence-corrected chi connectivity index (χ3v) is 6.14.